The molecule has 2 aromatic carbocycles. The first-order valence-corrected chi connectivity index (χ1v) is 11.6. The Kier molecular flexibility index (Phi) is 7.60. The Morgan fingerprint density at radius 1 is 1.08 bits per heavy atom. The van der Waals surface area contributed by atoms with Gasteiger partial charge in [0.25, 0.3) is 0 Å². The standard InChI is InChI=1S/C29H28N6O/c1-19(20(2)27(30)36)16-22(17-31-3)28-34-25-14-9-13-24(21-10-5-4-6-11-21)26(25)29(35-28)33-18-23-12-7-8-15-32-23/h4-17,20H,3,18H2,1-2H3,(H2,30,36)(H,33,34,35)/b19-16+,22-17+. The molecule has 3 N–H and O–H groups in total. The first kappa shape index (κ1) is 24.5. The number of aromatic nitrogens is 3. The molecule has 7 heteroatoms. The minimum Gasteiger partial charge on any atom is -0.369 e. The number of hydrogen-bond donors (Lipinski definition) is 2. The minimum absolute atomic E-state index is 0.403. The van der Waals surface area contributed by atoms with Crippen molar-refractivity contribution in [2.45, 2.75) is 20.4 Å². The second-order valence-electron chi connectivity index (χ2n) is 8.42. The summed E-state index contributed by atoms with van der Waals surface area (Å²) >= 11 is 0. The van der Waals surface area contributed by atoms with E-state index in [2.05, 4.69) is 40.2 Å². The number of allylic oxidation sites excluding steroid dienone is 2. The number of carbonyl (C=O) groups is 1. The number of fused-ring (bicyclic) bond motifs is 1. The molecule has 0 radical (unpaired) electrons. The number of nitrogens with one attached hydrogen (secondary N) is 1. The third kappa shape index (κ3) is 5.52. The van der Waals surface area contributed by atoms with Gasteiger partial charge in [0, 0.05) is 18.0 Å². The summed E-state index contributed by atoms with van der Waals surface area (Å²) in [5.74, 6) is 0.285. The quantitative estimate of drug-likeness (QED) is 0.248. The average molecular weight is 477 g/mol. The number of hydrogen-bond acceptors (Lipinski definition) is 6. The normalized spacial score (nSPS) is 12.8. The van der Waals surface area contributed by atoms with Crippen molar-refractivity contribution in [2.24, 2.45) is 16.6 Å². The van der Waals surface area contributed by atoms with Gasteiger partial charge in [-0.25, -0.2) is 9.97 Å². The Morgan fingerprint density at radius 3 is 2.56 bits per heavy atom. The summed E-state index contributed by atoms with van der Waals surface area (Å²) in [6, 6.07) is 21.9. The van der Waals surface area contributed by atoms with Crippen molar-refractivity contribution in [1.82, 2.24) is 15.0 Å². The van der Waals surface area contributed by atoms with Gasteiger partial charge in [0.05, 0.1) is 29.1 Å². The number of amides is 1. The number of aliphatic imine (C=N–C) groups is 1. The molecule has 1 amide bonds. The smallest absolute Gasteiger partial charge is 0.224 e. The molecule has 180 valence electrons. The van der Waals surface area contributed by atoms with Crippen LogP contribution in [-0.4, -0.2) is 27.6 Å². The highest BCUT2D eigenvalue weighted by atomic mass is 16.1. The highest BCUT2D eigenvalue weighted by molar-refractivity contribution is 6.02. The Labute approximate surface area is 210 Å². The molecule has 0 aliphatic heterocycles. The number of rotatable bonds is 9. The first-order valence-electron chi connectivity index (χ1n) is 11.6. The summed E-state index contributed by atoms with van der Waals surface area (Å²) in [5, 5.41) is 4.37. The molecular formula is C29H28N6O. The molecule has 7 nitrogen and oxygen atoms in total. The van der Waals surface area contributed by atoms with Gasteiger partial charge in [-0.2, -0.15) is 0 Å². The fourth-order valence-electron chi connectivity index (χ4n) is 3.83. The average Bonchev–Trinajstić information content (AvgIpc) is 2.91. The van der Waals surface area contributed by atoms with E-state index in [1.807, 2.05) is 61.5 Å². The summed E-state index contributed by atoms with van der Waals surface area (Å²) in [5.41, 5.74) is 10.7. The van der Waals surface area contributed by atoms with E-state index >= 15 is 0 Å². The maximum absolute atomic E-state index is 11.7. The van der Waals surface area contributed by atoms with Crippen LogP contribution in [0.3, 0.4) is 0 Å². The lowest BCUT2D eigenvalue weighted by atomic mass is 9.99. The monoisotopic (exact) mass is 476 g/mol. The van der Waals surface area contributed by atoms with Crippen LogP contribution in [0.1, 0.15) is 25.4 Å². The van der Waals surface area contributed by atoms with Crippen molar-refractivity contribution in [3.05, 3.63) is 102 Å². The number of carbonyl (C=O) groups excluding carboxylic acids is 1. The van der Waals surface area contributed by atoms with Crippen LogP contribution < -0.4 is 11.1 Å². The zero-order valence-corrected chi connectivity index (χ0v) is 20.3. The number of nitrogens with zero attached hydrogens (tertiary/aromatic N) is 4. The molecule has 0 spiro atoms. The number of anilines is 1. The largest absolute Gasteiger partial charge is 0.369 e. The van der Waals surface area contributed by atoms with Gasteiger partial charge in [0.1, 0.15) is 5.82 Å². The van der Waals surface area contributed by atoms with Gasteiger partial charge in [0.2, 0.25) is 5.91 Å². The van der Waals surface area contributed by atoms with Crippen LogP contribution in [0.2, 0.25) is 0 Å². The Hall–Kier alpha value is -4.65. The fourth-order valence-corrected chi connectivity index (χ4v) is 3.83. The van der Waals surface area contributed by atoms with Crippen LogP contribution >= 0.6 is 0 Å². The lowest BCUT2D eigenvalue weighted by Crippen LogP contribution is -2.21. The maximum atomic E-state index is 11.7. The molecule has 36 heavy (non-hydrogen) atoms. The van der Waals surface area contributed by atoms with E-state index in [9.17, 15) is 4.79 Å². The minimum atomic E-state index is -0.440. The zero-order valence-electron chi connectivity index (χ0n) is 20.3. The third-order valence-electron chi connectivity index (χ3n) is 5.95. The van der Waals surface area contributed by atoms with E-state index in [1.165, 1.54) is 0 Å². The lowest BCUT2D eigenvalue weighted by Gasteiger charge is -2.15. The van der Waals surface area contributed by atoms with Gasteiger partial charge in [-0.05, 0) is 56.0 Å². The molecule has 1 unspecified atom stereocenters. The van der Waals surface area contributed by atoms with Gasteiger partial charge in [0.15, 0.2) is 5.82 Å². The van der Waals surface area contributed by atoms with Crippen LogP contribution in [-0.2, 0) is 11.3 Å². The summed E-state index contributed by atoms with van der Waals surface area (Å²) in [6.07, 6.45) is 5.18. The molecule has 2 heterocycles. The topological polar surface area (TPSA) is 106 Å². The number of primary amides is 1. The van der Waals surface area contributed by atoms with E-state index in [0.29, 0.717) is 23.8 Å². The van der Waals surface area contributed by atoms with E-state index in [-0.39, 0.29) is 0 Å². The first-order chi connectivity index (χ1) is 17.5. The molecule has 0 saturated carbocycles. The lowest BCUT2D eigenvalue weighted by molar-refractivity contribution is -0.120. The SMILES string of the molecule is C=N/C=C(\C=C(/C)C(C)C(N)=O)c1nc(NCc2ccccn2)c2c(-c3ccccc3)cccc2n1. The van der Waals surface area contributed by atoms with Gasteiger partial charge in [-0.3, -0.25) is 14.8 Å². The highest BCUT2D eigenvalue weighted by Gasteiger charge is 2.17. The van der Waals surface area contributed by atoms with Crippen molar-refractivity contribution < 1.29 is 4.79 Å². The van der Waals surface area contributed by atoms with Crippen LogP contribution in [0.25, 0.3) is 27.6 Å². The zero-order chi connectivity index (χ0) is 25.5. The highest BCUT2D eigenvalue weighted by Crippen LogP contribution is 2.34. The van der Waals surface area contributed by atoms with Crippen molar-refractivity contribution in [3.63, 3.8) is 0 Å². The number of nitrogens with two attached hydrogens (primary N) is 1. The molecule has 0 aliphatic carbocycles. The van der Waals surface area contributed by atoms with Crippen molar-refractivity contribution >= 4 is 34.9 Å². The van der Waals surface area contributed by atoms with Crippen LogP contribution in [0.15, 0.2) is 95.8 Å². The molecular weight excluding hydrogens is 448 g/mol. The van der Waals surface area contributed by atoms with Crippen LogP contribution in [0, 0.1) is 5.92 Å². The Bertz CT molecular complexity index is 1450. The van der Waals surface area contributed by atoms with Crippen LogP contribution in [0.5, 0.6) is 0 Å². The number of pyridine rings is 1. The van der Waals surface area contributed by atoms with Gasteiger partial charge in [-0.1, -0.05) is 54.1 Å². The van der Waals surface area contributed by atoms with E-state index < -0.39 is 11.8 Å². The van der Waals surface area contributed by atoms with E-state index in [0.717, 1.165) is 33.3 Å². The molecule has 2 aromatic heterocycles. The Morgan fingerprint density at radius 2 is 1.86 bits per heavy atom. The van der Waals surface area contributed by atoms with E-state index in [4.69, 9.17) is 15.7 Å². The maximum Gasteiger partial charge on any atom is 0.224 e. The third-order valence-corrected chi connectivity index (χ3v) is 5.95. The van der Waals surface area contributed by atoms with Gasteiger partial charge in [-0.15, -0.1) is 0 Å². The fraction of sp³-hybridized carbons (Fsp3) is 0.138. The van der Waals surface area contributed by atoms with Gasteiger partial charge < -0.3 is 11.1 Å². The molecule has 4 rings (SSSR count). The molecule has 1 atom stereocenters. The van der Waals surface area contributed by atoms with Gasteiger partial charge >= 0.3 is 0 Å². The molecule has 0 bridgehead atoms. The summed E-state index contributed by atoms with van der Waals surface area (Å²) in [7, 11) is 0. The van der Waals surface area contributed by atoms with Crippen molar-refractivity contribution in [3.8, 4) is 11.1 Å². The Balaban J connectivity index is 1.89. The second-order valence-corrected chi connectivity index (χ2v) is 8.42. The summed E-state index contributed by atoms with van der Waals surface area (Å²) in [4.78, 5) is 29.9. The molecule has 0 fully saturated rings. The van der Waals surface area contributed by atoms with Crippen LogP contribution in [0.4, 0.5) is 5.82 Å². The summed E-state index contributed by atoms with van der Waals surface area (Å²) in [6.45, 7) is 7.70. The molecule has 0 saturated heterocycles. The predicted octanol–water partition coefficient (Wildman–Crippen LogP) is 5.41. The second kappa shape index (κ2) is 11.2. The predicted molar refractivity (Wildman–Crippen MR) is 146 cm³/mol. The van der Waals surface area contributed by atoms with Crippen molar-refractivity contribution in [2.75, 3.05) is 5.32 Å². The van der Waals surface area contributed by atoms with E-state index in [1.54, 1.807) is 19.3 Å². The molecule has 4 aromatic rings. The number of benzene rings is 2. The van der Waals surface area contributed by atoms with Crippen molar-refractivity contribution in [1.29, 1.82) is 0 Å². The summed E-state index contributed by atoms with van der Waals surface area (Å²) < 4.78 is 0. The molecule has 0 aliphatic rings.